The van der Waals surface area contributed by atoms with Gasteiger partial charge >= 0.3 is 0 Å². The monoisotopic (exact) mass is 375 g/mol. The number of halogens is 1. The summed E-state index contributed by atoms with van der Waals surface area (Å²) in [4.78, 5) is 23.5. The zero-order valence-corrected chi connectivity index (χ0v) is 13.3. The molecule has 0 aliphatic carbocycles. The molecule has 0 aliphatic rings. The molecule has 0 spiro atoms. The molecule has 2 heterocycles. The second kappa shape index (κ2) is 5.92. The van der Waals surface area contributed by atoms with Gasteiger partial charge in [-0.05, 0) is 35.9 Å². The summed E-state index contributed by atoms with van der Waals surface area (Å²) in [5, 5.41) is 3.04. The lowest BCUT2D eigenvalue weighted by atomic mass is 10.2. The third-order valence-corrected chi connectivity index (χ3v) is 4.42. The van der Waals surface area contributed by atoms with E-state index in [-0.39, 0.29) is 5.56 Å². The van der Waals surface area contributed by atoms with Gasteiger partial charge in [0.2, 0.25) is 0 Å². The minimum absolute atomic E-state index is 0.0454. The van der Waals surface area contributed by atoms with Crippen LogP contribution in [0.1, 0.15) is 35.6 Å². The van der Waals surface area contributed by atoms with E-state index in [2.05, 4.69) is 44.5 Å². The highest BCUT2D eigenvalue weighted by atomic mass is 127. The third-order valence-electron chi connectivity index (χ3n) is 2.48. The van der Waals surface area contributed by atoms with Crippen molar-refractivity contribution in [1.29, 1.82) is 0 Å². The highest BCUT2D eigenvalue weighted by molar-refractivity contribution is 14.1. The molecule has 0 bridgehead atoms. The highest BCUT2D eigenvalue weighted by Crippen LogP contribution is 2.12. The van der Waals surface area contributed by atoms with Crippen molar-refractivity contribution in [3.63, 3.8) is 0 Å². The van der Waals surface area contributed by atoms with Gasteiger partial charge in [-0.1, -0.05) is 13.3 Å². The van der Waals surface area contributed by atoms with Gasteiger partial charge in [0.05, 0.1) is 20.0 Å². The van der Waals surface area contributed by atoms with Crippen LogP contribution in [0.25, 0.3) is 0 Å². The molecule has 0 saturated heterocycles. The first kappa shape index (κ1) is 13.7. The summed E-state index contributed by atoms with van der Waals surface area (Å²) in [5.74, 6) is 0.703. The molecule has 1 N–H and O–H groups in total. The lowest BCUT2D eigenvalue weighted by Crippen LogP contribution is -2.18. The Bertz CT molecular complexity index is 606. The second-order valence-electron chi connectivity index (χ2n) is 4.06. The van der Waals surface area contributed by atoms with Gasteiger partial charge < -0.3 is 4.98 Å². The maximum absolute atomic E-state index is 11.8. The van der Waals surface area contributed by atoms with Gasteiger partial charge in [0.1, 0.15) is 5.82 Å². The number of hydrogen-bond acceptors (Lipinski definition) is 4. The van der Waals surface area contributed by atoms with Crippen molar-refractivity contribution in [3.8, 4) is 0 Å². The molecular formula is C12H14IN3OS. The van der Waals surface area contributed by atoms with E-state index in [0.717, 1.165) is 29.2 Å². The number of nitrogens with one attached hydrogen (secondary N) is 1. The largest absolute Gasteiger partial charge is 0.309 e. The Morgan fingerprint density at radius 3 is 2.83 bits per heavy atom. The number of aromatic nitrogens is 3. The van der Waals surface area contributed by atoms with Crippen molar-refractivity contribution in [3.05, 3.63) is 41.5 Å². The number of hydrogen-bond donors (Lipinski definition) is 1. The third kappa shape index (κ3) is 3.17. The van der Waals surface area contributed by atoms with Gasteiger partial charge in [0.25, 0.3) is 5.56 Å². The molecule has 0 amide bonds. The van der Waals surface area contributed by atoms with E-state index in [0.29, 0.717) is 15.8 Å². The van der Waals surface area contributed by atoms with Crippen molar-refractivity contribution in [1.82, 2.24) is 15.0 Å². The van der Waals surface area contributed by atoms with E-state index in [1.165, 1.54) is 0 Å². The average Bonchev–Trinajstić information content (AvgIpc) is 2.71. The van der Waals surface area contributed by atoms with Crippen LogP contribution < -0.4 is 5.56 Å². The fourth-order valence-corrected chi connectivity index (χ4v) is 2.84. The van der Waals surface area contributed by atoms with E-state index in [9.17, 15) is 4.79 Å². The van der Waals surface area contributed by atoms with Crippen molar-refractivity contribution in [2.24, 2.45) is 0 Å². The minimum atomic E-state index is -0.0454. The average molecular weight is 375 g/mol. The summed E-state index contributed by atoms with van der Waals surface area (Å²) in [6.45, 7) is 4.06. The molecule has 4 nitrogen and oxygen atoms in total. The first-order chi connectivity index (χ1) is 8.60. The van der Waals surface area contributed by atoms with E-state index >= 15 is 0 Å². The maximum Gasteiger partial charge on any atom is 0.264 e. The molecule has 0 radical (unpaired) electrons. The van der Waals surface area contributed by atoms with Gasteiger partial charge in [-0.3, -0.25) is 4.79 Å². The van der Waals surface area contributed by atoms with Crippen LogP contribution >= 0.6 is 33.9 Å². The summed E-state index contributed by atoms with van der Waals surface area (Å²) in [5.41, 5.74) is 1.81. The molecular weight excluding hydrogens is 361 g/mol. The Kier molecular flexibility index (Phi) is 4.50. The van der Waals surface area contributed by atoms with E-state index in [4.69, 9.17) is 0 Å². The van der Waals surface area contributed by atoms with Crippen LogP contribution in [0, 0.1) is 10.5 Å². The molecule has 0 unspecified atom stereocenters. The lowest BCUT2D eigenvalue weighted by Gasteiger charge is -2.04. The second-order valence-corrected chi connectivity index (χ2v) is 6.20. The highest BCUT2D eigenvalue weighted by Gasteiger charge is 2.09. The number of aryl methyl sites for hydroxylation is 2. The van der Waals surface area contributed by atoms with Gasteiger partial charge in [-0.2, -0.15) is 0 Å². The first-order valence-electron chi connectivity index (χ1n) is 5.78. The van der Waals surface area contributed by atoms with Crippen LogP contribution in [0.5, 0.6) is 0 Å². The Balaban J connectivity index is 2.31. The first-order valence-corrected chi connectivity index (χ1v) is 7.74. The topological polar surface area (TPSA) is 58.6 Å². The van der Waals surface area contributed by atoms with E-state index in [1.54, 1.807) is 11.3 Å². The molecule has 96 valence electrons. The fraction of sp³-hybridized carbons (Fsp3) is 0.417. The fourth-order valence-electron chi connectivity index (χ4n) is 1.70. The minimum Gasteiger partial charge on any atom is -0.309 e. The standard InChI is InChI=1S/C12H14IN3OS/c1-3-4-9-11(13)12(17)16-10(15-9)5-8-6-18-7(2)14-8/h6H,3-5H2,1-2H3,(H,15,16,17). The van der Waals surface area contributed by atoms with Crippen LogP contribution in [0.3, 0.4) is 0 Å². The number of aromatic amines is 1. The predicted octanol–water partition coefficient (Wildman–Crippen LogP) is 2.68. The molecule has 2 aromatic heterocycles. The van der Waals surface area contributed by atoms with Gasteiger partial charge in [-0.25, -0.2) is 9.97 Å². The van der Waals surface area contributed by atoms with Crippen LogP contribution in [-0.2, 0) is 12.8 Å². The molecule has 0 aromatic carbocycles. The number of nitrogens with zero attached hydrogens (tertiary/aromatic N) is 2. The summed E-state index contributed by atoms with van der Waals surface area (Å²) in [7, 11) is 0. The van der Waals surface area contributed by atoms with Crippen LogP contribution in [0.2, 0.25) is 0 Å². The van der Waals surface area contributed by atoms with Crippen molar-refractivity contribution < 1.29 is 0 Å². The Labute approximate surface area is 123 Å². The zero-order chi connectivity index (χ0) is 13.1. The molecule has 2 rings (SSSR count). The number of rotatable bonds is 4. The molecule has 0 aliphatic heterocycles. The number of H-pyrrole nitrogens is 1. The summed E-state index contributed by atoms with van der Waals surface area (Å²) >= 11 is 3.67. The molecule has 0 atom stereocenters. The van der Waals surface area contributed by atoms with E-state index < -0.39 is 0 Å². The molecule has 2 aromatic rings. The molecule has 0 fully saturated rings. The normalized spacial score (nSPS) is 10.8. The molecule has 6 heteroatoms. The van der Waals surface area contributed by atoms with Gasteiger partial charge in [0.15, 0.2) is 0 Å². The molecule has 18 heavy (non-hydrogen) atoms. The Morgan fingerprint density at radius 2 is 2.22 bits per heavy atom. The summed E-state index contributed by atoms with van der Waals surface area (Å²) < 4.78 is 0.702. The van der Waals surface area contributed by atoms with Gasteiger partial charge in [0, 0.05) is 11.8 Å². The van der Waals surface area contributed by atoms with Crippen LogP contribution in [-0.4, -0.2) is 15.0 Å². The van der Waals surface area contributed by atoms with Gasteiger partial charge in [-0.15, -0.1) is 11.3 Å². The quantitative estimate of drug-likeness (QED) is 0.836. The lowest BCUT2D eigenvalue weighted by molar-refractivity contribution is 0.817. The SMILES string of the molecule is CCCc1nc(Cc2csc(C)n2)[nH]c(=O)c1I. The van der Waals surface area contributed by atoms with Crippen molar-refractivity contribution in [2.45, 2.75) is 33.1 Å². The van der Waals surface area contributed by atoms with E-state index in [1.807, 2.05) is 12.3 Å². The molecule has 0 saturated carbocycles. The summed E-state index contributed by atoms with van der Waals surface area (Å²) in [6.07, 6.45) is 2.42. The Morgan fingerprint density at radius 1 is 1.44 bits per heavy atom. The Hall–Kier alpha value is -0.760. The van der Waals surface area contributed by atoms with Crippen LogP contribution in [0.4, 0.5) is 0 Å². The van der Waals surface area contributed by atoms with Crippen LogP contribution in [0.15, 0.2) is 10.2 Å². The summed E-state index contributed by atoms with van der Waals surface area (Å²) in [6, 6.07) is 0. The zero-order valence-electron chi connectivity index (χ0n) is 10.3. The van der Waals surface area contributed by atoms with Crippen molar-refractivity contribution >= 4 is 33.9 Å². The smallest absolute Gasteiger partial charge is 0.264 e. The predicted molar refractivity (Wildman–Crippen MR) is 81.2 cm³/mol. The van der Waals surface area contributed by atoms with Crippen molar-refractivity contribution in [2.75, 3.05) is 0 Å². The maximum atomic E-state index is 11.8. The number of thiazole rings is 1.